The molecule has 1 aromatic heterocycles. The molecule has 23 heavy (non-hydrogen) atoms. The zero-order chi connectivity index (χ0) is 16.8. The topological polar surface area (TPSA) is 55.1 Å². The number of carbonyl (C=O) groups is 1. The molecule has 118 valence electrons. The van der Waals surface area contributed by atoms with Crippen molar-refractivity contribution in [1.29, 1.82) is 0 Å². The fraction of sp³-hybridized carbons (Fsp3) is 0.222. The van der Waals surface area contributed by atoms with Crippen LogP contribution in [0.25, 0.3) is 22.4 Å². The minimum atomic E-state index is -0.950. The maximum Gasteiger partial charge on any atom is 0.336 e. The number of hydrogen-bond donors (Lipinski definition) is 1. The van der Waals surface area contributed by atoms with Crippen LogP contribution in [-0.2, 0) is 5.54 Å². The van der Waals surface area contributed by atoms with Crippen LogP contribution in [0.3, 0.4) is 0 Å². The Balaban J connectivity index is 2.40. The fourth-order valence-corrected chi connectivity index (χ4v) is 3.13. The number of rotatable bonds is 2. The van der Waals surface area contributed by atoms with Gasteiger partial charge in [0.05, 0.1) is 16.6 Å². The van der Waals surface area contributed by atoms with Crippen molar-refractivity contribution in [2.75, 3.05) is 0 Å². The first kappa shape index (κ1) is 15.7. The van der Waals surface area contributed by atoms with Crippen molar-refractivity contribution >= 4 is 32.9 Å². The second-order valence-electron chi connectivity index (χ2n) is 6.43. The Hall–Kier alpha value is -2.14. The predicted octanol–water partition coefficient (Wildman–Crippen LogP) is 4.92. The number of fused-ring (bicyclic) bond motifs is 1. The molecule has 0 saturated heterocycles. The van der Waals surface area contributed by atoms with Gasteiger partial charge in [-0.15, -0.1) is 0 Å². The molecule has 0 bridgehead atoms. The maximum atomic E-state index is 11.6. The summed E-state index contributed by atoms with van der Waals surface area (Å²) in [5.41, 5.74) is 2.47. The van der Waals surface area contributed by atoms with Gasteiger partial charge in [0, 0.05) is 15.6 Å². The van der Waals surface area contributed by atoms with Gasteiger partial charge in [0.1, 0.15) is 5.82 Å². The molecule has 0 aliphatic carbocycles. The van der Waals surface area contributed by atoms with Crippen molar-refractivity contribution in [3.8, 4) is 11.4 Å². The summed E-state index contributed by atoms with van der Waals surface area (Å²) in [5.74, 6) is -0.280. The van der Waals surface area contributed by atoms with Gasteiger partial charge in [-0.25, -0.2) is 9.78 Å². The van der Waals surface area contributed by atoms with E-state index in [0.29, 0.717) is 11.4 Å². The lowest BCUT2D eigenvalue weighted by atomic mass is 10.0. The van der Waals surface area contributed by atoms with Crippen molar-refractivity contribution in [2.45, 2.75) is 26.3 Å². The van der Waals surface area contributed by atoms with E-state index in [1.165, 1.54) is 0 Å². The summed E-state index contributed by atoms with van der Waals surface area (Å²) in [6.45, 7) is 6.26. The number of aromatic carboxylic acids is 1. The van der Waals surface area contributed by atoms with Gasteiger partial charge in [-0.2, -0.15) is 0 Å². The second kappa shape index (κ2) is 5.49. The Labute approximate surface area is 142 Å². The highest BCUT2D eigenvalue weighted by molar-refractivity contribution is 9.10. The largest absolute Gasteiger partial charge is 0.478 e. The summed E-state index contributed by atoms with van der Waals surface area (Å²) >= 11 is 3.47. The highest BCUT2D eigenvalue weighted by atomic mass is 79.9. The molecule has 3 aromatic rings. The van der Waals surface area contributed by atoms with Gasteiger partial charge in [0.25, 0.3) is 0 Å². The molecular weight excluding hydrogens is 356 g/mol. The van der Waals surface area contributed by atoms with E-state index in [2.05, 4.69) is 41.3 Å². The SMILES string of the molecule is CC(C)(C)n1c(-c2ccccc2C(=O)O)nc2cc(Br)ccc21. The highest BCUT2D eigenvalue weighted by Crippen LogP contribution is 2.33. The van der Waals surface area contributed by atoms with E-state index in [4.69, 9.17) is 4.98 Å². The number of carboxylic acid groups (broad SMARTS) is 1. The van der Waals surface area contributed by atoms with Gasteiger partial charge >= 0.3 is 5.97 Å². The van der Waals surface area contributed by atoms with Crippen molar-refractivity contribution in [1.82, 2.24) is 9.55 Å². The predicted molar refractivity (Wildman–Crippen MR) is 94.8 cm³/mol. The van der Waals surface area contributed by atoms with Crippen LogP contribution in [0.5, 0.6) is 0 Å². The summed E-state index contributed by atoms with van der Waals surface area (Å²) in [7, 11) is 0. The average molecular weight is 373 g/mol. The van der Waals surface area contributed by atoms with Crippen LogP contribution in [0.4, 0.5) is 0 Å². The number of benzene rings is 2. The number of carboxylic acids is 1. The third-order valence-corrected chi connectivity index (χ3v) is 4.18. The lowest BCUT2D eigenvalue weighted by Crippen LogP contribution is -2.23. The Kier molecular flexibility index (Phi) is 3.76. The first-order valence-electron chi connectivity index (χ1n) is 7.30. The van der Waals surface area contributed by atoms with Crippen LogP contribution in [0.2, 0.25) is 0 Å². The number of imidazole rings is 1. The summed E-state index contributed by atoms with van der Waals surface area (Å²) in [4.78, 5) is 16.3. The first-order valence-corrected chi connectivity index (χ1v) is 8.09. The smallest absolute Gasteiger partial charge is 0.336 e. The minimum absolute atomic E-state index is 0.233. The summed E-state index contributed by atoms with van der Waals surface area (Å²) in [5, 5.41) is 9.50. The first-order chi connectivity index (χ1) is 10.8. The molecule has 0 spiro atoms. The summed E-state index contributed by atoms with van der Waals surface area (Å²) in [6.07, 6.45) is 0. The molecule has 3 rings (SSSR count). The molecule has 4 nitrogen and oxygen atoms in total. The van der Waals surface area contributed by atoms with Gasteiger partial charge < -0.3 is 9.67 Å². The molecule has 0 radical (unpaired) electrons. The Bertz CT molecular complexity index is 907. The van der Waals surface area contributed by atoms with Gasteiger partial charge in [-0.1, -0.05) is 34.1 Å². The molecule has 0 atom stereocenters. The van der Waals surface area contributed by atoms with Gasteiger partial charge in [-0.05, 0) is 45.0 Å². The van der Waals surface area contributed by atoms with Crippen LogP contribution in [0.1, 0.15) is 31.1 Å². The fourth-order valence-electron chi connectivity index (χ4n) is 2.78. The van der Waals surface area contributed by atoms with Crippen molar-refractivity contribution in [3.05, 3.63) is 52.5 Å². The normalized spacial score (nSPS) is 11.8. The molecule has 5 heteroatoms. The highest BCUT2D eigenvalue weighted by Gasteiger charge is 2.24. The number of nitrogens with zero attached hydrogens (tertiary/aromatic N) is 2. The second-order valence-corrected chi connectivity index (χ2v) is 7.34. The van der Waals surface area contributed by atoms with E-state index in [9.17, 15) is 9.90 Å². The van der Waals surface area contributed by atoms with E-state index in [1.54, 1.807) is 12.1 Å². The van der Waals surface area contributed by atoms with Crippen molar-refractivity contribution in [3.63, 3.8) is 0 Å². The van der Waals surface area contributed by atoms with Gasteiger partial charge in [0.15, 0.2) is 0 Å². The van der Waals surface area contributed by atoms with Crippen LogP contribution < -0.4 is 0 Å². The van der Waals surface area contributed by atoms with Gasteiger partial charge in [-0.3, -0.25) is 0 Å². The molecule has 0 saturated carbocycles. The van der Waals surface area contributed by atoms with Crippen LogP contribution in [-0.4, -0.2) is 20.6 Å². The maximum absolute atomic E-state index is 11.6. The van der Waals surface area contributed by atoms with Crippen LogP contribution >= 0.6 is 15.9 Å². The lowest BCUT2D eigenvalue weighted by Gasteiger charge is -2.25. The minimum Gasteiger partial charge on any atom is -0.478 e. The number of halogens is 1. The Morgan fingerprint density at radius 2 is 1.87 bits per heavy atom. The molecule has 1 N–H and O–H groups in total. The van der Waals surface area contributed by atoms with E-state index < -0.39 is 5.97 Å². The molecule has 1 heterocycles. The summed E-state index contributed by atoms with van der Waals surface area (Å²) < 4.78 is 3.04. The quantitative estimate of drug-likeness (QED) is 0.694. The molecule has 0 aliphatic rings. The monoisotopic (exact) mass is 372 g/mol. The Morgan fingerprint density at radius 1 is 1.17 bits per heavy atom. The number of aromatic nitrogens is 2. The van der Waals surface area contributed by atoms with Crippen molar-refractivity contribution in [2.24, 2.45) is 0 Å². The standard InChI is InChI=1S/C18H17BrN2O2/c1-18(2,3)21-15-9-8-11(19)10-14(15)20-16(21)12-6-4-5-7-13(12)17(22)23/h4-10H,1-3H3,(H,22,23). The Morgan fingerprint density at radius 3 is 2.52 bits per heavy atom. The molecule has 0 amide bonds. The third-order valence-electron chi connectivity index (χ3n) is 3.69. The van der Waals surface area contributed by atoms with Gasteiger partial charge in [0.2, 0.25) is 0 Å². The van der Waals surface area contributed by atoms with Crippen LogP contribution in [0.15, 0.2) is 46.9 Å². The third kappa shape index (κ3) is 2.77. The van der Waals surface area contributed by atoms with Crippen LogP contribution in [0, 0.1) is 0 Å². The summed E-state index contributed by atoms with van der Waals surface area (Å²) in [6, 6.07) is 12.9. The average Bonchev–Trinajstić information content (AvgIpc) is 2.85. The van der Waals surface area contributed by atoms with Crippen molar-refractivity contribution < 1.29 is 9.90 Å². The molecule has 2 aromatic carbocycles. The molecule has 0 fully saturated rings. The molecular formula is C18H17BrN2O2. The molecule has 0 aliphatic heterocycles. The van der Waals surface area contributed by atoms with E-state index >= 15 is 0 Å². The van der Waals surface area contributed by atoms with E-state index in [1.807, 2.05) is 30.3 Å². The number of hydrogen-bond acceptors (Lipinski definition) is 2. The van der Waals surface area contributed by atoms with E-state index in [-0.39, 0.29) is 11.1 Å². The molecule has 0 unspecified atom stereocenters. The zero-order valence-electron chi connectivity index (χ0n) is 13.2. The lowest BCUT2D eigenvalue weighted by molar-refractivity contribution is 0.0697. The zero-order valence-corrected chi connectivity index (χ0v) is 14.8. The van der Waals surface area contributed by atoms with E-state index in [0.717, 1.165) is 15.5 Å².